The minimum Gasteiger partial charge on any atom is -0.371 e. The molecule has 2 amide bonds. The summed E-state index contributed by atoms with van der Waals surface area (Å²) in [6.45, 7) is 5.42. The number of nitrogens with one attached hydrogen (secondary N) is 3. The summed E-state index contributed by atoms with van der Waals surface area (Å²) in [5.74, 6) is -0.264. The van der Waals surface area contributed by atoms with Gasteiger partial charge in [0.15, 0.2) is 0 Å². The van der Waals surface area contributed by atoms with Gasteiger partial charge in [0, 0.05) is 31.0 Å². The summed E-state index contributed by atoms with van der Waals surface area (Å²) in [7, 11) is 0. The largest absolute Gasteiger partial charge is 0.371 e. The molecule has 2 fully saturated rings. The van der Waals surface area contributed by atoms with Crippen molar-refractivity contribution in [2.75, 3.05) is 36.4 Å². The van der Waals surface area contributed by atoms with Crippen molar-refractivity contribution in [3.63, 3.8) is 0 Å². The summed E-state index contributed by atoms with van der Waals surface area (Å²) in [4.78, 5) is 26.8. The molecule has 0 spiro atoms. The van der Waals surface area contributed by atoms with Crippen molar-refractivity contribution < 1.29 is 9.59 Å². The molecular weight excluding hydrogens is 375 g/mol. The van der Waals surface area contributed by atoms with Crippen LogP contribution in [-0.2, 0) is 9.59 Å². The Hall–Kier alpha value is -1.50. The molecule has 0 bridgehead atoms. The lowest BCUT2D eigenvalue weighted by Crippen LogP contribution is -2.44. The van der Waals surface area contributed by atoms with Gasteiger partial charge in [-0.15, -0.1) is 24.8 Å². The molecule has 0 aliphatic carbocycles. The van der Waals surface area contributed by atoms with Crippen LogP contribution in [0.2, 0.25) is 0 Å². The number of hydrogen-bond acceptors (Lipinski definition) is 4. The molecule has 2 aliphatic heterocycles. The van der Waals surface area contributed by atoms with E-state index in [1.54, 1.807) is 6.92 Å². The Kier molecular flexibility index (Phi) is 9.19. The maximum atomic E-state index is 12.3. The van der Waals surface area contributed by atoms with Crippen molar-refractivity contribution in [3.05, 3.63) is 24.3 Å². The lowest BCUT2D eigenvalue weighted by Gasteiger charge is -2.20. The Bertz CT molecular complexity index is 603. The number of halogens is 2. The fraction of sp³-hybridized carbons (Fsp3) is 0.556. The van der Waals surface area contributed by atoms with E-state index in [0.29, 0.717) is 6.54 Å². The molecule has 2 saturated heterocycles. The number of amides is 2. The fourth-order valence-electron chi connectivity index (χ4n) is 3.28. The molecule has 2 unspecified atom stereocenters. The Morgan fingerprint density at radius 1 is 1.23 bits per heavy atom. The van der Waals surface area contributed by atoms with Crippen LogP contribution in [0.15, 0.2) is 24.3 Å². The average Bonchev–Trinajstić information content (AvgIpc) is 3.28. The predicted molar refractivity (Wildman–Crippen MR) is 110 cm³/mol. The van der Waals surface area contributed by atoms with E-state index < -0.39 is 6.04 Å². The highest BCUT2D eigenvalue weighted by atomic mass is 35.5. The van der Waals surface area contributed by atoms with Crippen LogP contribution in [0.1, 0.15) is 26.2 Å². The highest BCUT2D eigenvalue weighted by Crippen LogP contribution is 2.23. The van der Waals surface area contributed by atoms with Gasteiger partial charge in [-0.25, -0.2) is 0 Å². The standard InChI is InChI=1S/C18H26N4O2.2ClH/c1-13(20-18(24)14-7-8-19-12-14)17(23)21-15-5-4-6-16(11-15)22-9-2-3-10-22;;/h4-6,11,13-14,19H,2-3,7-10,12H2,1H3,(H,20,24)(H,21,23);2*1H. The second kappa shape index (κ2) is 10.6. The first kappa shape index (κ1) is 22.5. The highest BCUT2D eigenvalue weighted by Gasteiger charge is 2.25. The Morgan fingerprint density at radius 2 is 1.96 bits per heavy atom. The van der Waals surface area contributed by atoms with E-state index in [9.17, 15) is 9.59 Å². The van der Waals surface area contributed by atoms with Gasteiger partial charge in [0.1, 0.15) is 6.04 Å². The molecule has 1 aromatic rings. The van der Waals surface area contributed by atoms with Gasteiger partial charge in [0.2, 0.25) is 11.8 Å². The quantitative estimate of drug-likeness (QED) is 0.705. The Labute approximate surface area is 167 Å². The number of hydrogen-bond donors (Lipinski definition) is 3. The lowest BCUT2D eigenvalue weighted by atomic mass is 10.1. The molecule has 1 aromatic carbocycles. The Balaban J connectivity index is 0.00000169. The van der Waals surface area contributed by atoms with Crippen molar-refractivity contribution in [2.45, 2.75) is 32.2 Å². The zero-order valence-electron chi connectivity index (χ0n) is 15.0. The van der Waals surface area contributed by atoms with Crippen molar-refractivity contribution in [1.29, 1.82) is 0 Å². The van der Waals surface area contributed by atoms with Gasteiger partial charge in [-0.1, -0.05) is 6.07 Å². The van der Waals surface area contributed by atoms with Gasteiger partial charge < -0.3 is 20.9 Å². The van der Waals surface area contributed by atoms with Crippen LogP contribution in [0.4, 0.5) is 11.4 Å². The van der Waals surface area contributed by atoms with Crippen LogP contribution in [0.5, 0.6) is 0 Å². The number of rotatable bonds is 5. The van der Waals surface area contributed by atoms with E-state index in [0.717, 1.165) is 37.4 Å². The molecule has 0 aromatic heterocycles. The van der Waals surface area contributed by atoms with Gasteiger partial charge in [0.25, 0.3) is 0 Å². The maximum Gasteiger partial charge on any atom is 0.246 e. The summed E-state index contributed by atoms with van der Waals surface area (Å²) in [5, 5.41) is 8.88. The molecule has 3 N–H and O–H groups in total. The van der Waals surface area contributed by atoms with Crippen LogP contribution in [-0.4, -0.2) is 44.0 Å². The van der Waals surface area contributed by atoms with Gasteiger partial charge in [-0.3, -0.25) is 9.59 Å². The van der Waals surface area contributed by atoms with Crippen molar-refractivity contribution >= 4 is 48.0 Å². The van der Waals surface area contributed by atoms with E-state index in [-0.39, 0.29) is 42.5 Å². The second-order valence-electron chi connectivity index (χ2n) is 6.65. The normalized spacial score (nSPS) is 19.9. The summed E-state index contributed by atoms with van der Waals surface area (Å²) in [5.41, 5.74) is 1.91. The third kappa shape index (κ3) is 5.76. The van der Waals surface area contributed by atoms with Crippen LogP contribution < -0.4 is 20.9 Å². The van der Waals surface area contributed by atoms with Crippen molar-refractivity contribution in [3.8, 4) is 0 Å². The molecule has 146 valence electrons. The zero-order chi connectivity index (χ0) is 16.9. The molecule has 2 heterocycles. The van der Waals surface area contributed by atoms with Crippen LogP contribution >= 0.6 is 24.8 Å². The minimum absolute atomic E-state index is 0. The summed E-state index contributed by atoms with van der Waals surface area (Å²) in [6, 6.07) is 7.36. The molecule has 2 aliphatic rings. The van der Waals surface area contributed by atoms with E-state index in [1.165, 1.54) is 12.8 Å². The predicted octanol–water partition coefficient (Wildman–Crippen LogP) is 2.18. The molecule has 8 heteroatoms. The zero-order valence-corrected chi connectivity index (χ0v) is 16.6. The molecule has 0 radical (unpaired) electrons. The van der Waals surface area contributed by atoms with Crippen molar-refractivity contribution in [1.82, 2.24) is 10.6 Å². The number of benzene rings is 1. The molecular formula is C18H28Cl2N4O2. The minimum atomic E-state index is -0.548. The third-order valence-corrected chi connectivity index (χ3v) is 4.77. The van der Waals surface area contributed by atoms with E-state index in [1.807, 2.05) is 18.2 Å². The number of anilines is 2. The fourth-order valence-corrected chi connectivity index (χ4v) is 3.28. The number of carbonyl (C=O) groups is 2. The van der Waals surface area contributed by atoms with Gasteiger partial charge in [0.05, 0.1) is 5.92 Å². The van der Waals surface area contributed by atoms with E-state index >= 15 is 0 Å². The first-order chi connectivity index (χ1) is 11.6. The number of carbonyl (C=O) groups excluding carboxylic acids is 2. The average molecular weight is 403 g/mol. The molecule has 6 nitrogen and oxygen atoms in total. The summed E-state index contributed by atoms with van der Waals surface area (Å²) < 4.78 is 0. The van der Waals surface area contributed by atoms with Crippen LogP contribution in [0, 0.1) is 5.92 Å². The highest BCUT2D eigenvalue weighted by molar-refractivity contribution is 5.97. The van der Waals surface area contributed by atoms with Gasteiger partial charge in [-0.05, 0) is 50.9 Å². The van der Waals surface area contributed by atoms with E-state index in [4.69, 9.17) is 0 Å². The topological polar surface area (TPSA) is 73.5 Å². The Morgan fingerprint density at radius 3 is 2.62 bits per heavy atom. The first-order valence-corrected chi connectivity index (χ1v) is 8.80. The van der Waals surface area contributed by atoms with Gasteiger partial charge >= 0.3 is 0 Å². The summed E-state index contributed by atoms with van der Waals surface area (Å²) in [6.07, 6.45) is 3.27. The third-order valence-electron chi connectivity index (χ3n) is 4.77. The second-order valence-corrected chi connectivity index (χ2v) is 6.65. The van der Waals surface area contributed by atoms with Crippen molar-refractivity contribution in [2.24, 2.45) is 5.92 Å². The lowest BCUT2D eigenvalue weighted by molar-refractivity contribution is -0.128. The number of nitrogens with zero attached hydrogens (tertiary/aromatic N) is 1. The monoisotopic (exact) mass is 402 g/mol. The first-order valence-electron chi connectivity index (χ1n) is 8.80. The molecule has 2 atom stereocenters. The molecule has 3 rings (SSSR count). The maximum absolute atomic E-state index is 12.3. The van der Waals surface area contributed by atoms with Crippen LogP contribution in [0.25, 0.3) is 0 Å². The van der Waals surface area contributed by atoms with E-state index in [2.05, 4.69) is 26.9 Å². The summed E-state index contributed by atoms with van der Waals surface area (Å²) >= 11 is 0. The molecule has 26 heavy (non-hydrogen) atoms. The van der Waals surface area contributed by atoms with Crippen LogP contribution in [0.3, 0.4) is 0 Å². The SMILES string of the molecule is CC(NC(=O)C1CCNC1)C(=O)Nc1cccc(N2CCCC2)c1.Cl.Cl. The smallest absolute Gasteiger partial charge is 0.246 e. The van der Waals surface area contributed by atoms with Gasteiger partial charge in [-0.2, -0.15) is 0 Å². The molecule has 0 saturated carbocycles.